The molecule has 5 heteroatoms. The van der Waals surface area contributed by atoms with Gasteiger partial charge >= 0.3 is 0 Å². The van der Waals surface area contributed by atoms with Crippen molar-refractivity contribution in [1.29, 1.82) is 0 Å². The minimum Gasteiger partial charge on any atom is -0.337 e. The summed E-state index contributed by atoms with van der Waals surface area (Å²) in [6.45, 7) is 2.82. The number of nitrogens with one attached hydrogen (secondary N) is 1. The average molecular weight is 284 g/mol. The van der Waals surface area contributed by atoms with Crippen molar-refractivity contribution >= 4 is 23.2 Å². The molecular weight excluding hydrogens is 269 g/mol. The fourth-order valence-electron chi connectivity index (χ4n) is 1.78. The maximum absolute atomic E-state index is 6.17. The lowest BCUT2D eigenvalue weighted by Crippen LogP contribution is -2.19. The second-order valence-corrected chi connectivity index (χ2v) is 5.11. The zero-order chi connectivity index (χ0) is 13.1. The molecule has 18 heavy (non-hydrogen) atoms. The molecule has 2 aromatic rings. The molecule has 1 aromatic carbocycles. The highest BCUT2D eigenvalue weighted by atomic mass is 35.5. The zero-order valence-corrected chi connectivity index (χ0v) is 11.8. The highest BCUT2D eigenvalue weighted by molar-refractivity contribution is 6.35. The third-order valence-corrected chi connectivity index (χ3v) is 3.50. The molecule has 1 aromatic heterocycles. The zero-order valence-electron chi connectivity index (χ0n) is 10.3. The van der Waals surface area contributed by atoms with Crippen molar-refractivity contribution in [3.8, 4) is 0 Å². The molecular formula is C13H15Cl2N3. The Labute approximate surface area is 117 Å². The van der Waals surface area contributed by atoms with E-state index in [-0.39, 0.29) is 6.04 Å². The molecule has 0 spiro atoms. The summed E-state index contributed by atoms with van der Waals surface area (Å²) in [5, 5.41) is 4.76. The SMILES string of the molecule is CC(NCc1cncn1C)c1ccc(Cl)cc1Cl. The quantitative estimate of drug-likeness (QED) is 0.930. The van der Waals surface area contributed by atoms with Gasteiger partial charge in [0.2, 0.25) is 0 Å². The highest BCUT2D eigenvalue weighted by Crippen LogP contribution is 2.26. The smallest absolute Gasteiger partial charge is 0.0945 e. The number of hydrogen-bond donors (Lipinski definition) is 1. The summed E-state index contributed by atoms with van der Waals surface area (Å²) in [5.74, 6) is 0. The number of halogens is 2. The van der Waals surface area contributed by atoms with Gasteiger partial charge in [-0.3, -0.25) is 0 Å². The number of benzene rings is 1. The van der Waals surface area contributed by atoms with Crippen LogP contribution in [0.2, 0.25) is 10.0 Å². The van der Waals surface area contributed by atoms with Crippen LogP contribution in [0, 0.1) is 0 Å². The predicted octanol–water partition coefficient (Wildman–Crippen LogP) is 3.58. The third-order valence-electron chi connectivity index (χ3n) is 2.93. The van der Waals surface area contributed by atoms with Crippen LogP contribution in [0.15, 0.2) is 30.7 Å². The van der Waals surface area contributed by atoms with E-state index in [2.05, 4.69) is 17.2 Å². The Morgan fingerprint density at radius 2 is 2.17 bits per heavy atom. The average Bonchev–Trinajstić information content (AvgIpc) is 2.72. The molecule has 2 rings (SSSR count). The van der Waals surface area contributed by atoms with Gasteiger partial charge in [-0.15, -0.1) is 0 Å². The summed E-state index contributed by atoms with van der Waals surface area (Å²) >= 11 is 12.1. The van der Waals surface area contributed by atoms with Gasteiger partial charge in [0.05, 0.1) is 12.0 Å². The summed E-state index contributed by atoms with van der Waals surface area (Å²) in [7, 11) is 1.98. The van der Waals surface area contributed by atoms with E-state index in [1.165, 1.54) is 0 Å². The molecule has 0 aliphatic rings. The molecule has 0 saturated heterocycles. The van der Waals surface area contributed by atoms with Crippen molar-refractivity contribution in [3.05, 3.63) is 52.0 Å². The highest BCUT2D eigenvalue weighted by Gasteiger charge is 2.10. The van der Waals surface area contributed by atoms with Gasteiger partial charge in [0.15, 0.2) is 0 Å². The van der Waals surface area contributed by atoms with E-state index in [0.29, 0.717) is 10.0 Å². The summed E-state index contributed by atoms with van der Waals surface area (Å²) in [5.41, 5.74) is 2.18. The van der Waals surface area contributed by atoms with Crippen LogP contribution in [-0.4, -0.2) is 9.55 Å². The molecule has 0 saturated carbocycles. The molecule has 0 fully saturated rings. The van der Waals surface area contributed by atoms with Crippen LogP contribution in [-0.2, 0) is 13.6 Å². The second kappa shape index (κ2) is 5.74. The summed E-state index contributed by atoms with van der Waals surface area (Å²) in [6, 6.07) is 5.72. The molecule has 1 heterocycles. The monoisotopic (exact) mass is 283 g/mol. The largest absolute Gasteiger partial charge is 0.337 e. The molecule has 96 valence electrons. The van der Waals surface area contributed by atoms with Gasteiger partial charge in [-0.25, -0.2) is 4.98 Å². The van der Waals surface area contributed by atoms with Crippen LogP contribution in [0.4, 0.5) is 0 Å². The predicted molar refractivity (Wildman–Crippen MR) is 74.9 cm³/mol. The topological polar surface area (TPSA) is 29.9 Å². The van der Waals surface area contributed by atoms with Gasteiger partial charge in [0, 0.05) is 35.9 Å². The van der Waals surface area contributed by atoms with E-state index in [1.807, 2.05) is 29.9 Å². The van der Waals surface area contributed by atoms with E-state index < -0.39 is 0 Å². The van der Waals surface area contributed by atoms with Gasteiger partial charge in [-0.2, -0.15) is 0 Å². The Balaban J connectivity index is 2.03. The maximum atomic E-state index is 6.17. The molecule has 0 amide bonds. The van der Waals surface area contributed by atoms with Crippen LogP contribution < -0.4 is 5.32 Å². The van der Waals surface area contributed by atoms with Crippen molar-refractivity contribution in [3.63, 3.8) is 0 Å². The lowest BCUT2D eigenvalue weighted by molar-refractivity contribution is 0.558. The Morgan fingerprint density at radius 3 is 2.78 bits per heavy atom. The molecule has 1 atom stereocenters. The van der Waals surface area contributed by atoms with E-state index in [4.69, 9.17) is 23.2 Å². The normalized spacial score (nSPS) is 12.7. The van der Waals surface area contributed by atoms with Crippen LogP contribution in [0.25, 0.3) is 0 Å². The second-order valence-electron chi connectivity index (χ2n) is 4.26. The lowest BCUT2D eigenvalue weighted by Gasteiger charge is -2.16. The first-order chi connectivity index (χ1) is 8.58. The van der Waals surface area contributed by atoms with Gasteiger partial charge in [0.1, 0.15) is 0 Å². The molecule has 0 aliphatic heterocycles. The fraction of sp³-hybridized carbons (Fsp3) is 0.308. The van der Waals surface area contributed by atoms with E-state index in [9.17, 15) is 0 Å². The van der Waals surface area contributed by atoms with Crippen LogP contribution in [0.5, 0.6) is 0 Å². The standard InChI is InChI=1S/C13H15Cl2N3/c1-9(12-4-3-10(14)5-13(12)15)17-7-11-6-16-8-18(11)2/h3-6,8-9,17H,7H2,1-2H3. The van der Waals surface area contributed by atoms with E-state index in [1.54, 1.807) is 12.4 Å². The van der Waals surface area contributed by atoms with Crippen molar-refractivity contribution in [2.75, 3.05) is 0 Å². The first-order valence-corrected chi connectivity index (χ1v) is 6.47. The third kappa shape index (κ3) is 3.05. The number of hydrogen-bond acceptors (Lipinski definition) is 2. The number of imidazole rings is 1. The van der Waals surface area contributed by atoms with Gasteiger partial charge in [-0.1, -0.05) is 29.3 Å². The number of rotatable bonds is 4. The first kappa shape index (κ1) is 13.4. The van der Waals surface area contributed by atoms with Crippen LogP contribution in [0.3, 0.4) is 0 Å². The van der Waals surface area contributed by atoms with Crippen molar-refractivity contribution in [2.45, 2.75) is 19.5 Å². The summed E-state index contributed by atoms with van der Waals surface area (Å²) in [4.78, 5) is 4.08. The summed E-state index contributed by atoms with van der Waals surface area (Å²) < 4.78 is 1.99. The molecule has 0 bridgehead atoms. The van der Waals surface area contributed by atoms with Crippen molar-refractivity contribution in [2.24, 2.45) is 7.05 Å². The maximum Gasteiger partial charge on any atom is 0.0945 e. The molecule has 0 aliphatic carbocycles. The van der Waals surface area contributed by atoms with Crippen LogP contribution in [0.1, 0.15) is 24.2 Å². The Bertz CT molecular complexity index is 537. The Hall–Kier alpha value is -1.03. The minimum absolute atomic E-state index is 0.157. The van der Waals surface area contributed by atoms with E-state index in [0.717, 1.165) is 17.8 Å². The molecule has 1 unspecified atom stereocenters. The van der Waals surface area contributed by atoms with Gasteiger partial charge < -0.3 is 9.88 Å². The van der Waals surface area contributed by atoms with Crippen LogP contribution >= 0.6 is 23.2 Å². The fourth-order valence-corrected chi connectivity index (χ4v) is 2.35. The lowest BCUT2D eigenvalue weighted by atomic mass is 10.1. The van der Waals surface area contributed by atoms with Gasteiger partial charge in [-0.05, 0) is 24.6 Å². The number of nitrogens with zero attached hydrogens (tertiary/aromatic N) is 2. The molecule has 3 nitrogen and oxygen atoms in total. The number of aromatic nitrogens is 2. The van der Waals surface area contributed by atoms with Crippen molar-refractivity contribution < 1.29 is 0 Å². The first-order valence-electron chi connectivity index (χ1n) is 5.71. The Kier molecular flexibility index (Phi) is 4.27. The van der Waals surface area contributed by atoms with Crippen molar-refractivity contribution in [1.82, 2.24) is 14.9 Å². The molecule has 1 N–H and O–H groups in total. The Morgan fingerprint density at radius 1 is 1.39 bits per heavy atom. The van der Waals surface area contributed by atoms with E-state index >= 15 is 0 Å². The minimum atomic E-state index is 0.157. The summed E-state index contributed by atoms with van der Waals surface area (Å²) in [6.07, 6.45) is 3.64. The molecule has 0 radical (unpaired) electrons. The van der Waals surface area contributed by atoms with Gasteiger partial charge in [0.25, 0.3) is 0 Å². The number of aryl methyl sites for hydroxylation is 1.